The second kappa shape index (κ2) is 5.02. The van der Waals surface area contributed by atoms with Crippen molar-refractivity contribution in [3.63, 3.8) is 0 Å². The predicted octanol–water partition coefficient (Wildman–Crippen LogP) is 2.04. The molecule has 0 spiro atoms. The van der Waals surface area contributed by atoms with E-state index in [9.17, 15) is 9.18 Å². The molecule has 1 saturated heterocycles. The molecule has 1 fully saturated rings. The molecule has 0 aliphatic carbocycles. The van der Waals surface area contributed by atoms with E-state index in [1.54, 1.807) is 4.90 Å². The van der Waals surface area contributed by atoms with Gasteiger partial charge in [0.2, 0.25) is 0 Å². The van der Waals surface area contributed by atoms with Gasteiger partial charge in [-0.25, -0.2) is 4.39 Å². The Labute approximate surface area is 104 Å². The molecule has 92 valence electrons. The summed E-state index contributed by atoms with van der Waals surface area (Å²) in [5, 5.41) is 0.364. The third kappa shape index (κ3) is 2.76. The van der Waals surface area contributed by atoms with Crippen LogP contribution in [0.25, 0.3) is 0 Å². The van der Waals surface area contributed by atoms with Crippen molar-refractivity contribution in [3.05, 3.63) is 34.6 Å². The van der Waals surface area contributed by atoms with Gasteiger partial charge in [-0.05, 0) is 31.0 Å². The van der Waals surface area contributed by atoms with Gasteiger partial charge < -0.3 is 10.6 Å². The number of halogens is 2. The van der Waals surface area contributed by atoms with Gasteiger partial charge in [0.25, 0.3) is 5.91 Å². The molecule has 5 heteroatoms. The first kappa shape index (κ1) is 12.3. The van der Waals surface area contributed by atoms with E-state index in [0.717, 1.165) is 12.8 Å². The van der Waals surface area contributed by atoms with Crippen LogP contribution in [-0.2, 0) is 0 Å². The van der Waals surface area contributed by atoms with Gasteiger partial charge in [0, 0.05) is 24.2 Å². The van der Waals surface area contributed by atoms with E-state index in [0.29, 0.717) is 18.1 Å². The molecule has 1 aromatic rings. The Hall–Kier alpha value is -1.13. The average molecular weight is 257 g/mol. The summed E-state index contributed by atoms with van der Waals surface area (Å²) in [4.78, 5) is 13.7. The number of amides is 1. The van der Waals surface area contributed by atoms with Crippen LogP contribution in [-0.4, -0.2) is 29.9 Å². The van der Waals surface area contributed by atoms with Gasteiger partial charge in [-0.15, -0.1) is 0 Å². The molecular weight excluding hydrogens is 243 g/mol. The first-order chi connectivity index (χ1) is 8.08. The minimum atomic E-state index is -0.533. The molecule has 0 radical (unpaired) electrons. The molecule has 1 aromatic carbocycles. The van der Waals surface area contributed by atoms with E-state index in [1.807, 2.05) is 0 Å². The Morgan fingerprint density at radius 2 is 2.06 bits per heavy atom. The van der Waals surface area contributed by atoms with Gasteiger partial charge in [0.1, 0.15) is 5.82 Å². The van der Waals surface area contributed by atoms with Crippen LogP contribution >= 0.6 is 11.6 Å². The fourth-order valence-electron chi connectivity index (χ4n) is 1.93. The number of hydrogen-bond donors (Lipinski definition) is 1. The Balaban J connectivity index is 2.16. The lowest BCUT2D eigenvalue weighted by molar-refractivity contribution is 0.0710. The normalized spacial score (nSPS) is 17.2. The predicted molar refractivity (Wildman–Crippen MR) is 64.5 cm³/mol. The number of nitrogens with zero attached hydrogens (tertiary/aromatic N) is 1. The fraction of sp³-hybridized carbons (Fsp3) is 0.417. The van der Waals surface area contributed by atoms with Gasteiger partial charge in [0.15, 0.2) is 0 Å². The second-order valence-electron chi connectivity index (χ2n) is 4.25. The van der Waals surface area contributed by atoms with E-state index in [2.05, 4.69) is 0 Å². The third-order valence-electron chi connectivity index (χ3n) is 2.99. The summed E-state index contributed by atoms with van der Waals surface area (Å²) < 4.78 is 13.5. The number of rotatable bonds is 1. The highest BCUT2D eigenvalue weighted by molar-refractivity contribution is 6.31. The lowest BCUT2D eigenvalue weighted by Gasteiger charge is -2.30. The Bertz CT molecular complexity index is 431. The van der Waals surface area contributed by atoms with E-state index in [-0.39, 0.29) is 17.5 Å². The summed E-state index contributed by atoms with van der Waals surface area (Å²) in [7, 11) is 0. The number of carbonyl (C=O) groups is 1. The number of hydrogen-bond acceptors (Lipinski definition) is 2. The number of carbonyl (C=O) groups excluding carboxylic acids is 1. The Morgan fingerprint density at radius 1 is 1.41 bits per heavy atom. The first-order valence-electron chi connectivity index (χ1n) is 5.58. The van der Waals surface area contributed by atoms with Crippen molar-refractivity contribution >= 4 is 17.5 Å². The molecule has 0 saturated carbocycles. The van der Waals surface area contributed by atoms with Crippen LogP contribution in [0.5, 0.6) is 0 Å². The number of likely N-dealkylation sites (tertiary alicyclic amines) is 1. The standard InChI is InChI=1S/C12H14ClFN2O/c13-8-1-2-11(14)10(7-8)12(17)16-5-3-9(15)4-6-16/h1-2,7,9H,3-6,15H2. The molecule has 0 unspecified atom stereocenters. The first-order valence-corrected chi connectivity index (χ1v) is 5.95. The quantitative estimate of drug-likeness (QED) is 0.836. The SMILES string of the molecule is NC1CCN(C(=O)c2cc(Cl)ccc2F)CC1. The molecule has 2 rings (SSSR count). The van der Waals surface area contributed by atoms with Crippen LogP contribution in [0.4, 0.5) is 4.39 Å². The lowest BCUT2D eigenvalue weighted by atomic mass is 10.0. The van der Waals surface area contributed by atoms with Gasteiger partial charge in [-0.2, -0.15) is 0 Å². The molecule has 1 aliphatic heterocycles. The van der Waals surface area contributed by atoms with Crippen molar-refractivity contribution in [1.29, 1.82) is 0 Å². The fourth-order valence-corrected chi connectivity index (χ4v) is 2.11. The molecule has 1 heterocycles. The second-order valence-corrected chi connectivity index (χ2v) is 4.69. The van der Waals surface area contributed by atoms with E-state index in [1.165, 1.54) is 18.2 Å². The van der Waals surface area contributed by atoms with Crippen molar-refractivity contribution in [1.82, 2.24) is 4.90 Å². The molecular formula is C12H14ClFN2O. The van der Waals surface area contributed by atoms with E-state index < -0.39 is 5.82 Å². The topological polar surface area (TPSA) is 46.3 Å². The van der Waals surface area contributed by atoms with Crippen LogP contribution in [0.3, 0.4) is 0 Å². The highest BCUT2D eigenvalue weighted by Crippen LogP contribution is 2.18. The monoisotopic (exact) mass is 256 g/mol. The maximum Gasteiger partial charge on any atom is 0.256 e. The Kier molecular flexibility index (Phi) is 3.64. The maximum absolute atomic E-state index is 13.5. The van der Waals surface area contributed by atoms with Crippen LogP contribution in [0, 0.1) is 5.82 Å². The zero-order chi connectivity index (χ0) is 12.4. The summed E-state index contributed by atoms with van der Waals surface area (Å²) in [6.07, 6.45) is 1.52. The highest BCUT2D eigenvalue weighted by atomic mass is 35.5. The minimum absolute atomic E-state index is 0.0352. The maximum atomic E-state index is 13.5. The summed E-state index contributed by atoms with van der Waals surface area (Å²) in [6, 6.07) is 4.15. The van der Waals surface area contributed by atoms with Crippen LogP contribution < -0.4 is 5.73 Å². The summed E-state index contributed by atoms with van der Waals surface area (Å²) in [5.74, 6) is -0.842. The molecule has 1 amide bonds. The lowest BCUT2D eigenvalue weighted by Crippen LogP contribution is -2.43. The summed E-state index contributed by atoms with van der Waals surface area (Å²) in [5.41, 5.74) is 5.79. The molecule has 3 nitrogen and oxygen atoms in total. The molecule has 2 N–H and O–H groups in total. The van der Waals surface area contributed by atoms with Crippen molar-refractivity contribution in [2.75, 3.05) is 13.1 Å². The largest absolute Gasteiger partial charge is 0.338 e. The molecule has 0 atom stereocenters. The summed E-state index contributed by atoms with van der Waals surface area (Å²) >= 11 is 5.77. The number of nitrogens with two attached hydrogens (primary N) is 1. The van der Waals surface area contributed by atoms with Gasteiger partial charge in [-0.3, -0.25) is 4.79 Å². The van der Waals surface area contributed by atoms with Crippen LogP contribution in [0.15, 0.2) is 18.2 Å². The molecule has 1 aliphatic rings. The zero-order valence-electron chi connectivity index (χ0n) is 9.33. The number of benzene rings is 1. The van der Waals surface area contributed by atoms with Crippen LogP contribution in [0.1, 0.15) is 23.2 Å². The highest BCUT2D eigenvalue weighted by Gasteiger charge is 2.23. The third-order valence-corrected chi connectivity index (χ3v) is 3.22. The average Bonchev–Trinajstić information content (AvgIpc) is 2.32. The van der Waals surface area contributed by atoms with Crippen molar-refractivity contribution in [3.8, 4) is 0 Å². The molecule has 17 heavy (non-hydrogen) atoms. The van der Waals surface area contributed by atoms with Crippen LogP contribution in [0.2, 0.25) is 5.02 Å². The number of piperidine rings is 1. The summed E-state index contributed by atoms with van der Waals surface area (Å²) in [6.45, 7) is 1.15. The molecule has 0 aromatic heterocycles. The molecule has 0 bridgehead atoms. The van der Waals surface area contributed by atoms with E-state index in [4.69, 9.17) is 17.3 Å². The minimum Gasteiger partial charge on any atom is -0.338 e. The van der Waals surface area contributed by atoms with Crippen molar-refractivity contribution in [2.24, 2.45) is 5.73 Å². The van der Waals surface area contributed by atoms with Gasteiger partial charge in [-0.1, -0.05) is 11.6 Å². The van der Waals surface area contributed by atoms with Crippen molar-refractivity contribution < 1.29 is 9.18 Å². The Morgan fingerprint density at radius 3 is 2.71 bits per heavy atom. The smallest absolute Gasteiger partial charge is 0.256 e. The van der Waals surface area contributed by atoms with Crippen molar-refractivity contribution in [2.45, 2.75) is 18.9 Å². The zero-order valence-corrected chi connectivity index (χ0v) is 10.1. The van der Waals surface area contributed by atoms with E-state index >= 15 is 0 Å². The van der Waals surface area contributed by atoms with Gasteiger partial charge >= 0.3 is 0 Å². The van der Waals surface area contributed by atoms with Gasteiger partial charge in [0.05, 0.1) is 5.56 Å².